The molecule has 0 bridgehead atoms. The lowest BCUT2D eigenvalue weighted by Gasteiger charge is -2.27. The molecule has 0 heterocycles. The highest BCUT2D eigenvalue weighted by Crippen LogP contribution is 2.37. The Balaban J connectivity index is 3.19. The highest BCUT2D eigenvalue weighted by Gasteiger charge is 2.21. The zero-order valence-corrected chi connectivity index (χ0v) is 15.0. The van der Waals surface area contributed by atoms with Crippen molar-refractivity contribution in [2.24, 2.45) is 0 Å². The molecule has 0 aliphatic rings. The Morgan fingerprint density at radius 2 is 2.00 bits per heavy atom. The average Bonchev–Trinajstić information content (AvgIpc) is 2.51. The molecule has 0 radical (unpaired) electrons. The number of hydrogen-bond donors (Lipinski definition) is 1. The molecule has 1 aromatic rings. The summed E-state index contributed by atoms with van der Waals surface area (Å²) in [6.45, 7) is 12.3. The summed E-state index contributed by atoms with van der Waals surface area (Å²) in [5.74, 6) is 1.88. The second kappa shape index (κ2) is 8.94. The maximum atomic E-state index is 9.08. The van der Waals surface area contributed by atoms with Gasteiger partial charge in [-0.2, -0.15) is 0 Å². The topological polar surface area (TPSA) is 47.9 Å². The Labute approximate surface area is 140 Å². The van der Waals surface area contributed by atoms with E-state index >= 15 is 0 Å². The Bertz CT molecular complexity index is 508. The minimum atomic E-state index is -0.452. The van der Waals surface area contributed by atoms with Crippen molar-refractivity contribution in [1.29, 1.82) is 0 Å². The van der Waals surface area contributed by atoms with Crippen LogP contribution < -0.4 is 9.47 Å². The van der Waals surface area contributed by atoms with Crippen molar-refractivity contribution in [3.05, 3.63) is 35.9 Å². The van der Waals surface area contributed by atoms with E-state index in [9.17, 15) is 0 Å². The van der Waals surface area contributed by atoms with Crippen LogP contribution in [0.2, 0.25) is 0 Å². The molecule has 0 amide bonds. The monoisotopic (exact) mass is 322 g/mol. The maximum absolute atomic E-state index is 9.08. The van der Waals surface area contributed by atoms with Crippen LogP contribution in [0.5, 0.6) is 11.5 Å². The van der Waals surface area contributed by atoms with Gasteiger partial charge in [0, 0.05) is 19.3 Å². The minimum absolute atomic E-state index is 0.192. The van der Waals surface area contributed by atoms with Gasteiger partial charge in [0.15, 0.2) is 6.79 Å². The standard InChI is InChI=1S/C19H30O4/c1-7-19(4,5)23-18-11-15(3)17(22-13-21-6)12-16(18)14(2)9-8-10-20/h7,11-12,14,20H,1,8-10,13H2,2-6H3/t14-/m1/s1. The van der Waals surface area contributed by atoms with Crippen molar-refractivity contribution < 1.29 is 19.3 Å². The molecule has 1 N–H and O–H groups in total. The van der Waals surface area contributed by atoms with Gasteiger partial charge in [0.25, 0.3) is 0 Å². The van der Waals surface area contributed by atoms with Crippen molar-refractivity contribution in [3.63, 3.8) is 0 Å². The van der Waals surface area contributed by atoms with Crippen molar-refractivity contribution in [3.8, 4) is 11.5 Å². The van der Waals surface area contributed by atoms with E-state index in [0.717, 1.165) is 35.5 Å². The van der Waals surface area contributed by atoms with Gasteiger partial charge in [-0.15, -0.1) is 0 Å². The van der Waals surface area contributed by atoms with Gasteiger partial charge in [-0.1, -0.05) is 13.5 Å². The first-order chi connectivity index (χ1) is 10.8. The minimum Gasteiger partial charge on any atom is -0.483 e. The number of aryl methyl sites for hydroxylation is 1. The molecule has 1 aromatic carbocycles. The molecule has 0 unspecified atom stereocenters. The number of aliphatic hydroxyl groups is 1. The lowest BCUT2D eigenvalue weighted by molar-refractivity contribution is 0.0504. The smallest absolute Gasteiger partial charge is 0.188 e. The normalized spacial score (nSPS) is 12.8. The average molecular weight is 322 g/mol. The number of methoxy groups -OCH3 is 1. The molecule has 0 aliphatic carbocycles. The third-order valence-electron chi connectivity index (χ3n) is 3.83. The van der Waals surface area contributed by atoms with E-state index in [2.05, 4.69) is 13.5 Å². The Morgan fingerprint density at radius 1 is 1.30 bits per heavy atom. The molecule has 1 rings (SSSR count). The molecule has 0 spiro atoms. The molecule has 0 saturated heterocycles. The van der Waals surface area contributed by atoms with Crippen LogP contribution in [0, 0.1) is 6.92 Å². The summed E-state index contributed by atoms with van der Waals surface area (Å²) in [6, 6.07) is 4.02. The van der Waals surface area contributed by atoms with Crippen LogP contribution in [0.4, 0.5) is 0 Å². The molecule has 0 aromatic heterocycles. The molecule has 4 heteroatoms. The molecule has 0 saturated carbocycles. The van der Waals surface area contributed by atoms with Crippen molar-refractivity contribution in [2.75, 3.05) is 20.5 Å². The Kier molecular flexibility index (Phi) is 7.59. The first kappa shape index (κ1) is 19.5. The predicted octanol–water partition coefficient (Wildman–Crippen LogP) is 4.20. The summed E-state index contributed by atoms with van der Waals surface area (Å²) in [6.07, 6.45) is 3.43. The van der Waals surface area contributed by atoms with E-state index in [-0.39, 0.29) is 19.3 Å². The van der Waals surface area contributed by atoms with Crippen LogP contribution in [0.25, 0.3) is 0 Å². The Hall–Kier alpha value is -1.52. The molecular formula is C19H30O4. The maximum Gasteiger partial charge on any atom is 0.188 e. The van der Waals surface area contributed by atoms with Gasteiger partial charge in [-0.3, -0.25) is 0 Å². The number of aliphatic hydroxyl groups excluding tert-OH is 1. The first-order valence-corrected chi connectivity index (χ1v) is 8.04. The second-order valence-electron chi connectivity index (χ2n) is 6.38. The summed E-state index contributed by atoms with van der Waals surface area (Å²) in [4.78, 5) is 0. The molecular weight excluding hydrogens is 292 g/mol. The third kappa shape index (κ3) is 5.88. The number of benzene rings is 1. The van der Waals surface area contributed by atoms with Gasteiger partial charge in [0.05, 0.1) is 0 Å². The Morgan fingerprint density at radius 3 is 2.57 bits per heavy atom. The fraction of sp³-hybridized carbons (Fsp3) is 0.579. The van der Waals surface area contributed by atoms with Crippen molar-refractivity contribution in [2.45, 2.75) is 52.1 Å². The fourth-order valence-corrected chi connectivity index (χ4v) is 2.31. The molecule has 130 valence electrons. The van der Waals surface area contributed by atoms with E-state index < -0.39 is 5.60 Å². The second-order valence-corrected chi connectivity index (χ2v) is 6.38. The van der Waals surface area contributed by atoms with E-state index in [1.807, 2.05) is 32.9 Å². The largest absolute Gasteiger partial charge is 0.483 e. The zero-order valence-electron chi connectivity index (χ0n) is 15.0. The van der Waals surface area contributed by atoms with Gasteiger partial charge in [0.2, 0.25) is 0 Å². The molecule has 23 heavy (non-hydrogen) atoms. The number of ether oxygens (including phenoxy) is 3. The van der Waals surface area contributed by atoms with Crippen LogP contribution in [0.15, 0.2) is 24.8 Å². The SMILES string of the molecule is C=CC(C)(C)Oc1cc(C)c(OCOC)cc1[C@H](C)CCCO. The summed E-state index contributed by atoms with van der Waals surface area (Å²) in [7, 11) is 1.60. The van der Waals surface area contributed by atoms with Gasteiger partial charge >= 0.3 is 0 Å². The fourth-order valence-electron chi connectivity index (χ4n) is 2.31. The summed E-state index contributed by atoms with van der Waals surface area (Å²) < 4.78 is 16.8. The zero-order chi connectivity index (χ0) is 17.5. The van der Waals surface area contributed by atoms with E-state index in [0.29, 0.717) is 0 Å². The first-order valence-electron chi connectivity index (χ1n) is 8.04. The lowest BCUT2D eigenvalue weighted by Crippen LogP contribution is -2.25. The van der Waals surface area contributed by atoms with Crippen LogP contribution in [0.3, 0.4) is 0 Å². The summed E-state index contributed by atoms with van der Waals surface area (Å²) in [5, 5.41) is 9.08. The molecule has 0 aliphatic heterocycles. The van der Waals surface area contributed by atoms with Crippen molar-refractivity contribution in [1.82, 2.24) is 0 Å². The number of hydrogen-bond acceptors (Lipinski definition) is 4. The van der Waals surface area contributed by atoms with Crippen molar-refractivity contribution >= 4 is 0 Å². The summed E-state index contributed by atoms with van der Waals surface area (Å²) >= 11 is 0. The third-order valence-corrected chi connectivity index (χ3v) is 3.83. The van der Waals surface area contributed by atoms with Gasteiger partial charge in [0.1, 0.15) is 17.1 Å². The van der Waals surface area contributed by atoms with Gasteiger partial charge in [-0.05, 0) is 63.3 Å². The highest BCUT2D eigenvalue weighted by molar-refractivity contribution is 5.48. The quantitative estimate of drug-likeness (QED) is 0.518. The van der Waals surface area contributed by atoms with E-state index in [4.69, 9.17) is 19.3 Å². The van der Waals surface area contributed by atoms with Gasteiger partial charge in [-0.25, -0.2) is 0 Å². The van der Waals surface area contributed by atoms with Crippen LogP contribution in [0.1, 0.15) is 50.7 Å². The van der Waals surface area contributed by atoms with Gasteiger partial charge < -0.3 is 19.3 Å². The van der Waals surface area contributed by atoms with Crippen LogP contribution in [-0.4, -0.2) is 31.2 Å². The lowest BCUT2D eigenvalue weighted by atomic mass is 9.93. The van der Waals surface area contributed by atoms with E-state index in [1.54, 1.807) is 13.2 Å². The van der Waals surface area contributed by atoms with Crippen LogP contribution in [-0.2, 0) is 4.74 Å². The van der Waals surface area contributed by atoms with E-state index in [1.165, 1.54) is 0 Å². The highest BCUT2D eigenvalue weighted by atomic mass is 16.7. The van der Waals surface area contributed by atoms with Crippen LogP contribution >= 0.6 is 0 Å². The molecule has 1 atom stereocenters. The predicted molar refractivity (Wildman–Crippen MR) is 93.3 cm³/mol. The summed E-state index contributed by atoms with van der Waals surface area (Å²) in [5.41, 5.74) is 1.62. The molecule has 4 nitrogen and oxygen atoms in total. The number of rotatable bonds is 10. The molecule has 0 fully saturated rings.